The van der Waals surface area contributed by atoms with Crippen LogP contribution in [0.2, 0.25) is 0 Å². The fourth-order valence-electron chi connectivity index (χ4n) is 2.11. The van der Waals surface area contributed by atoms with E-state index in [-0.39, 0.29) is 0 Å². The van der Waals surface area contributed by atoms with Crippen LogP contribution in [-0.2, 0) is 0 Å². The van der Waals surface area contributed by atoms with Gasteiger partial charge in [0, 0.05) is 30.2 Å². The average Bonchev–Trinajstić information content (AvgIpc) is 2.47. The number of rotatable bonds is 2. The van der Waals surface area contributed by atoms with Crippen molar-refractivity contribution in [2.45, 2.75) is 6.10 Å². The molecule has 1 aromatic carbocycles. The van der Waals surface area contributed by atoms with Crippen molar-refractivity contribution < 1.29 is 5.11 Å². The van der Waals surface area contributed by atoms with E-state index in [9.17, 15) is 5.11 Å². The number of aromatic nitrogens is 2. The van der Waals surface area contributed by atoms with Gasteiger partial charge in [0.1, 0.15) is 6.10 Å². The van der Waals surface area contributed by atoms with E-state index in [2.05, 4.69) is 9.97 Å². The Balaban J connectivity index is 2.15. The summed E-state index contributed by atoms with van der Waals surface area (Å²) in [4.78, 5) is 8.06. The topological polar surface area (TPSA) is 46.0 Å². The first-order valence-electron chi connectivity index (χ1n) is 5.77. The quantitative estimate of drug-likeness (QED) is 0.744. The van der Waals surface area contributed by atoms with Crippen LogP contribution in [0.15, 0.2) is 61.2 Å². The summed E-state index contributed by atoms with van der Waals surface area (Å²) in [5.74, 6) is 0. The first kappa shape index (κ1) is 10.9. The standard InChI is InChI=1S/C15H12N2O/c18-15(11-4-7-16-8-5-11)14-3-1-2-12-10-17-9-6-13(12)14/h1-10,15,18H. The Morgan fingerprint density at radius 2 is 1.67 bits per heavy atom. The smallest absolute Gasteiger partial charge is 0.105 e. The van der Waals surface area contributed by atoms with E-state index in [0.29, 0.717) is 0 Å². The van der Waals surface area contributed by atoms with Gasteiger partial charge in [0.2, 0.25) is 0 Å². The average molecular weight is 236 g/mol. The van der Waals surface area contributed by atoms with Crippen molar-refractivity contribution in [2.24, 2.45) is 0 Å². The number of hydrogen-bond acceptors (Lipinski definition) is 3. The van der Waals surface area contributed by atoms with Gasteiger partial charge in [-0.05, 0) is 34.7 Å². The number of aliphatic hydroxyl groups excluding tert-OH is 1. The van der Waals surface area contributed by atoms with Crippen molar-refractivity contribution in [1.82, 2.24) is 9.97 Å². The molecule has 0 radical (unpaired) electrons. The van der Waals surface area contributed by atoms with E-state index in [1.807, 2.05) is 36.4 Å². The van der Waals surface area contributed by atoms with Gasteiger partial charge in [-0.25, -0.2) is 0 Å². The van der Waals surface area contributed by atoms with Crippen LogP contribution in [0.1, 0.15) is 17.2 Å². The maximum atomic E-state index is 10.4. The van der Waals surface area contributed by atoms with Gasteiger partial charge < -0.3 is 5.11 Å². The number of benzene rings is 1. The fraction of sp³-hybridized carbons (Fsp3) is 0.0667. The van der Waals surface area contributed by atoms with E-state index in [1.54, 1.807) is 24.8 Å². The van der Waals surface area contributed by atoms with Gasteiger partial charge >= 0.3 is 0 Å². The summed E-state index contributed by atoms with van der Waals surface area (Å²) in [6.45, 7) is 0. The lowest BCUT2D eigenvalue weighted by Gasteiger charge is -2.13. The lowest BCUT2D eigenvalue weighted by atomic mass is 9.97. The Labute approximate surface area is 105 Å². The highest BCUT2D eigenvalue weighted by atomic mass is 16.3. The molecule has 0 aliphatic rings. The van der Waals surface area contributed by atoms with E-state index >= 15 is 0 Å². The molecular weight excluding hydrogens is 224 g/mol. The van der Waals surface area contributed by atoms with Gasteiger partial charge in [0.25, 0.3) is 0 Å². The first-order chi connectivity index (χ1) is 8.86. The van der Waals surface area contributed by atoms with E-state index in [4.69, 9.17) is 0 Å². The third-order valence-corrected chi connectivity index (χ3v) is 3.03. The fourth-order valence-corrected chi connectivity index (χ4v) is 2.11. The summed E-state index contributed by atoms with van der Waals surface area (Å²) < 4.78 is 0. The molecule has 88 valence electrons. The SMILES string of the molecule is OC(c1ccncc1)c1cccc2cnccc12. The molecule has 2 heterocycles. The Bertz CT molecular complexity index is 662. The Hall–Kier alpha value is -2.26. The second kappa shape index (κ2) is 4.55. The van der Waals surface area contributed by atoms with E-state index < -0.39 is 6.10 Å². The summed E-state index contributed by atoms with van der Waals surface area (Å²) in [7, 11) is 0. The minimum atomic E-state index is -0.640. The maximum Gasteiger partial charge on any atom is 0.105 e. The zero-order valence-corrected chi connectivity index (χ0v) is 9.69. The molecule has 0 aliphatic heterocycles. The molecule has 1 atom stereocenters. The summed E-state index contributed by atoms with van der Waals surface area (Å²) in [6, 6.07) is 11.4. The van der Waals surface area contributed by atoms with Crippen LogP contribution in [0.3, 0.4) is 0 Å². The Kier molecular flexibility index (Phi) is 2.74. The minimum absolute atomic E-state index is 0.640. The molecule has 3 heteroatoms. The summed E-state index contributed by atoms with van der Waals surface area (Å²) >= 11 is 0. The summed E-state index contributed by atoms with van der Waals surface area (Å²) in [6.07, 6.45) is 6.28. The van der Waals surface area contributed by atoms with Gasteiger partial charge in [0.05, 0.1) is 0 Å². The zero-order valence-electron chi connectivity index (χ0n) is 9.69. The van der Waals surface area contributed by atoms with Gasteiger partial charge in [-0.3, -0.25) is 9.97 Å². The number of fused-ring (bicyclic) bond motifs is 1. The molecule has 0 amide bonds. The molecule has 3 aromatic rings. The Morgan fingerprint density at radius 3 is 2.50 bits per heavy atom. The van der Waals surface area contributed by atoms with Crippen molar-refractivity contribution >= 4 is 10.8 Å². The van der Waals surface area contributed by atoms with Gasteiger partial charge in [-0.15, -0.1) is 0 Å². The highest BCUT2D eigenvalue weighted by molar-refractivity contribution is 5.85. The molecule has 18 heavy (non-hydrogen) atoms. The van der Waals surface area contributed by atoms with Crippen LogP contribution in [0.25, 0.3) is 10.8 Å². The Morgan fingerprint density at radius 1 is 0.889 bits per heavy atom. The predicted octanol–water partition coefficient (Wildman–Crippen LogP) is 2.71. The largest absolute Gasteiger partial charge is 0.384 e. The predicted molar refractivity (Wildman–Crippen MR) is 70.0 cm³/mol. The molecule has 0 spiro atoms. The summed E-state index contributed by atoms with van der Waals surface area (Å²) in [5.41, 5.74) is 1.73. The van der Waals surface area contributed by atoms with Crippen molar-refractivity contribution in [3.05, 3.63) is 72.3 Å². The molecule has 0 saturated heterocycles. The number of pyridine rings is 2. The highest BCUT2D eigenvalue weighted by Crippen LogP contribution is 2.27. The number of aliphatic hydroxyl groups is 1. The third kappa shape index (κ3) is 1.85. The molecule has 0 fully saturated rings. The second-order valence-electron chi connectivity index (χ2n) is 4.13. The molecule has 1 N–H and O–H groups in total. The molecule has 0 aliphatic carbocycles. The van der Waals surface area contributed by atoms with Gasteiger partial charge in [-0.2, -0.15) is 0 Å². The molecule has 2 aromatic heterocycles. The monoisotopic (exact) mass is 236 g/mol. The van der Waals surface area contributed by atoms with Gasteiger partial charge in [-0.1, -0.05) is 18.2 Å². The normalized spacial score (nSPS) is 12.5. The molecular formula is C15H12N2O. The lowest BCUT2D eigenvalue weighted by molar-refractivity contribution is 0.222. The molecule has 1 unspecified atom stereocenters. The van der Waals surface area contributed by atoms with Crippen LogP contribution in [0.4, 0.5) is 0 Å². The van der Waals surface area contributed by atoms with Crippen LogP contribution in [0, 0.1) is 0 Å². The molecule has 0 saturated carbocycles. The maximum absolute atomic E-state index is 10.4. The van der Waals surface area contributed by atoms with Crippen LogP contribution < -0.4 is 0 Å². The third-order valence-electron chi connectivity index (χ3n) is 3.03. The number of hydrogen-bond donors (Lipinski definition) is 1. The molecule has 3 rings (SSSR count). The van der Waals surface area contributed by atoms with E-state index in [1.165, 1.54) is 0 Å². The lowest BCUT2D eigenvalue weighted by Crippen LogP contribution is -2.00. The van der Waals surface area contributed by atoms with Gasteiger partial charge in [0.15, 0.2) is 0 Å². The molecule has 0 bridgehead atoms. The van der Waals surface area contributed by atoms with Crippen LogP contribution in [-0.4, -0.2) is 15.1 Å². The van der Waals surface area contributed by atoms with E-state index in [0.717, 1.165) is 21.9 Å². The van der Waals surface area contributed by atoms with Crippen molar-refractivity contribution in [3.63, 3.8) is 0 Å². The summed E-state index contributed by atoms with van der Waals surface area (Å²) in [5, 5.41) is 12.5. The first-order valence-corrected chi connectivity index (χ1v) is 5.77. The second-order valence-corrected chi connectivity index (χ2v) is 4.13. The minimum Gasteiger partial charge on any atom is -0.384 e. The zero-order chi connectivity index (χ0) is 12.4. The highest BCUT2D eigenvalue weighted by Gasteiger charge is 2.12. The number of nitrogens with zero attached hydrogens (tertiary/aromatic N) is 2. The van der Waals surface area contributed by atoms with Crippen molar-refractivity contribution in [3.8, 4) is 0 Å². The van der Waals surface area contributed by atoms with Crippen LogP contribution in [0.5, 0.6) is 0 Å². The van der Waals surface area contributed by atoms with Crippen LogP contribution >= 0.6 is 0 Å². The van der Waals surface area contributed by atoms with Crippen molar-refractivity contribution in [1.29, 1.82) is 0 Å². The molecule has 3 nitrogen and oxygen atoms in total. The van der Waals surface area contributed by atoms with Crippen molar-refractivity contribution in [2.75, 3.05) is 0 Å².